The molecular weight excluding hydrogens is 408 g/mol. The molecule has 0 unspecified atom stereocenters. The predicted octanol–water partition coefficient (Wildman–Crippen LogP) is 6.59. The molecule has 0 radical (unpaired) electrons. The van der Waals surface area contributed by atoms with Gasteiger partial charge in [-0.05, 0) is 118 Å². The summed E-state index contributed by atoms with van der Waals surface area (Å²) in [6.45, 7) is 6.69. The molecule has 4 saturated carbocycles. The SMILES string of the molecule is CC(CC12CC3CC(CC(C3)C1)C2)=NNC(=O)c1ccc(COc2ccc(C)cc2C)cc1. The fourth-order valence-corrected chi connectivity index (χ4v) is 7.17. The molecule has 1 N–H and O–H groups in total. The Morgan fingerprint density at radius 1 is 1.00 bits per heavy atom. The highest BCUT2D eigenvalue weighted by Gasteiger charge is 2.50. The minimum atomic E-state index is -0.151. The molecule has 33 heavy (non-hydrogen) atoms. The topological polar surface area (TPSA) is 50.7 Å². The maximum Gasteiger partial charge on any atom is 0.271 e. The third kappa shape index (κ3) is 5.00. The van der Waals surface area contributed by atoms with Crippen LogP contribution in [0.4, 0.5) is 0 Å². The van der Waals surface area contributed by atoms with E-state index < -0.39 is 0 Å². The smallest absolute Gasteiger partial charge is 0.271 e. The van der Waals surface area contributed by atoms with Crippen LogP contribution in [0.2, 0.25) is 0 Å². The number of carbonyl (C=O) groups is 1. The molecule has 4 heteroatoms. The van der Waals surface area contributed by atoms with Crippen molar-refractivity contribution in [1.82, 2.24) is 5.43 Å². The quantitative estimate of drug-likeness (QED) is 0.387. The summed E-state index contributed by atoms with van der Waals surface area (Å²) in [6.07, 6.45) is 9.50. The second-order valence-electron chi connectivity index (χ2n) is 11.1. The summed E-state index contributed by atoms with van der Waals surface area (Å²) < 4.78 is 5.95. The van der Waals surface area contributed by atoms with Gasteiger partial charge in [-0.15, -0.1) is 0 Å². The summed E-state index contributed by atoms with van der Waals surface area (Å²) >= 11 is 0. The van der Waals surface area contributed by atoms with Gasteiger partial charge in [-0.25, -0.2) is 5.43 Å². The number of hydrogen-bond acceptors (Lipinski definition) is 3. The lowest BCUT2D eigenvalue weighted by atomic mass is 9.48. The molecule has 1 amide bonds. The van der Waals surface area contributed by atoms with Crippen LogP contribution in [-0.2, 0) is 6.61 Å². The van der Waals surface area contributed by atoms with Crippen LogP contribution in [0.5, 0.6) is 5.75 Å². The van der Waals surface area contributed by atoms with Crippen molar-refractivity contribution in [3.63, 3.8) is 0 Å². The highest BCUT2D eigenvalue weighted by Crippen LogP contribution is 2.61. The summed E-state index contributed by atoms with van der Waals surface area (Å²) in [5, 5.41) is 4.48. The van der Waals surface area contributed by atoms with Gasteiger partial charge in [-0.1, -0.05) is 29.8 Å². The molecule has 2 aromatic rings. The minimum Gasteiger partial charge on any atom is -0.489 e. The molecule has 0 saturated heterocycles. The van der Waals surface area contributed by atoms with Crippen molar-refractivity contribution in [2.45, 2.75) is 72.3 Å². The van der Waals surface area contributed by atoms with E-state index in [1.165, 1.54) is 44.1 Å². The molecule has 4 aliphatic carbocycles. The van der Waals surface area contributed by atoms with Crippen molar-refractivity contribution < 1.29 is 9.53 Å². The molecule has 0 aliphatic heterocycles. The van der Waals surface area contributed by atoms with Gasteiger partial charge in [0.25, 0.3) is 5.91 Å². The Hall–Kier alpha value is -2.62. The maximum atomic E-state index is 12.6. The Kier molecular flexibility index (Phi) is 6.03. The van der Waals surface area contributed by atoms with Gasteiger partial charge in [0.2, 0.25) is 0 Å². The van der Waals surface area contributed by atoms with Crippen LogP contribution in [0.25, 0.3) is 0 Å². The van der Waals surface area contributed by atoms with Crippen molar-refractivity contribution in [1.29, 1.82) is 0 Å². The van der Waals surface area contributed by atoms with Crippen LogP contribution in [0.1, 0.15) is 78.9 Å². The molecular formula is C29H36N2O2. The monoisotopic (exact) mass is 444 g/mol. The molecule has 0 spiro atoms. The normalized spacial score (nSPS) is 28.1. The van der Waals surface area contributed by atoms with E-state index in [4.69, 9.17) is 4.74 Å². The lowest BCUT2D eigenvalue weighted by molar-refractivity contribution is -0.0482. The van der Waals surface area contributed by atoms with Crippen molar-refractivity contribution in [2.75, 3.05) is 0 Å². The molecule has 0 atom stereocenters. The maximum absolute atomic E-state index is 12.6. The van der Waals surface area contributed by atoms with E-state index in [-0.39, 0.29) is 5.91 Å². The molecule has 4 nitrogen and oxygen atoms in total. The third-order valence-corrected chi connectivity index (χ3v) is 8.09. The number of nitrogens with zero attached hydrogens (tertiary/aromatic N) is 1. The second-order valence-corrected chi connectivity index (χ2v) is 11.1. The predicted molar refractivity (Wildman–Crippen MR) is 132 cm³/mol. The van der Waals surface area contributed by atoms with Gasteiger partial charge in [0.15, 0.2) is 0 Å². The highest BCUT2D eigenvalue weighted by atomic mass is 16.5. The molecule has 4 bridgehead atoms. The largest absolute Gasteiger partial charge is 0.489 e. The second kappa shape index (κ2) is 8.96. The average Bonchev–Trinajstić information content (AvgIpc) is 2.76. The number of carbonyl (C=O) groups excluding carboxylic acids is 1. The van der Waals surface area contributed by atoms with E-state index in [9.17, 15) is 4.79 Å². The molecule has 0 heterocycles. The van der Waals surface area contributed by atoms with Crippen molar-refractivity contribution in [3.8, 4) is 5.75 Å². The summed E-state index contributed by atoms with van der Waals surface area (Å²) in [6, 6.07) is 13.8. The zero-order valence-corrected chi connectivity index (χ0v) is 20.2. The zero-order valence-electron chi connectivity index (χ0n) is 20.2. The van der Waals surface area contributed by atoms with Gasteiger partial charge in [0.1, 0.15) is 12.4 Å². The van der Waals surface area contributed by atoms with Crippen LogP contribution in [-0.4, -0.2) is 11.6 Å². The summed E-state index contributed by atoms with van der Waals surface area (Å²) in [5.41, 5.74) is 8.31. The number of aryl methyl sites for hydroxylation is 2. The van der Waals surface area contributed by atoms with Crippen molar-refractivity contribution in [2.24, 2.45) is 28.3 Å². The van der Waals surface area contributed by atoms with Gasteiger partial charge >= 0.3 is 0 Å². The van der Waals surface area contributed by atoms with Gasteiger partial charge in [-0.2, -0.15) is 5.10 Å². The molecule has 2 aromatic carbocycles. The number of ether oxygens (including phenoxy) is 1. The zero-order chi connectivity index (χ0) is 23.0. The molecule has 174 valence electrons. The van der Waals surface area contributed by atoms with Gasteiger partial charge in [0.05, 0.1) is 0 Å². The van der Waals surface area contributed by atoms with E-state index in [2.05, 4.69) is 43.4 Å². The number of rotatable bonds is 7. The molecule has 4 aliphatic rings. The summed E-state index contributed by atoms with van der Waals surface area (Å²) in [4.78, 5) is 12.6. The first-order valence-corrected chi connectivity index (χ1v) is 12.5. The number of hydrazone groups is 1. The fourth-order valence-electron chi connectivity index (χ4n) is 7.17. The van der Waals surface area contributed by atoms with Crippen LogP contribution in [0.3, 0.4) is 0 Å². The fraction of sp³-hybridized carbons (Fsp3) is 0.517. The lowest BCUT2D eigenvalue weighted by Gasteiger charge is -2.57. The third-order valence-electron chi connectivity index (χ3n) is 8.09. The van der Waals surface area contributed by atoms with Gasteiger partial charge in [0, 0.05) is 11.3 Å². The standard InChI is InChI=1S/C29H36N2O2/c1-19-4-9-27(20(2)10-19)33-18-22-5-7-26(8-6-22)28(32)31-30-21(3)14-29-15-23-11-24(16-29)13-25(12-23)17-29/h4-10,23-25H,11-18H2,1-3H3,(H,31,32). The summed E-state index contributed by atoms with van der Waals surface area (Å²) in [5.74, 6) is 3.57. The van der Waals surface area contributed by atoms with Crippen LogP contribution < -0.4 is 10.2 Å². The highest BCUT2D eigenvalue weighted by molar-refractivity contribution is 5.95. The van der Waals surface area contributed by atoms with Gasteiger partial charge in [-0.3, -0.25) is 4.79 Å². The number of nitrogens with one attached hydrogen (secondary N) is 1. The van der Waals surface area contributed by atoms with Crippen LogP contribution in [0.15, 0.2) is 47.6 Å². The Morgan fingerprint density at radius 3 is 2.24 bits per heavy atom. The van der Waals surface area contributed by atoms with E-state index in [0.717, 1.165) is 46.8 Å². The first-order chi connectivity index (χ1) is 15.9. The van der Waals surface area contributed by atoms with E-state index in [1.54, 1.807) is 0 Å². The Bertz CT molecular complexity index is 1020. The lowest BCUT2D eigenvalue weighted by Crippen LogP contribution is -2.46. The number of amides is 1. The van der Waals surface area contributed by atoms with Crippen LogP contribution in [0, 0.1) is 37.0 Å². The Balaban J connectivity index is 1.14. The minimum absolute atomic E-state index is 0.151. The Labute approximate surface area is 197 Å². The van der Waals surface area contributed by atoms with E-state index >= 15 is 0 Å². The summed E-state index contributed by atoms with van der Waals surface area (Å²) in [7, 11) is 0. The van der Waals surface area contributed by atoms with Gasteiger partial charge < -0.3 is 4.74 Å². The molecule has 0 aromatic heterocycles. The van der Waals surface area contributed by atoms with Crippen molar-refractivity contribution in [3.05, 3.63) is 64.7 Å². The van der Waals surface area contributed by atoms with E-state index in [1.807, 2.05) is 30.3 Å². The van der Waals surface area contributed by atoms with E-state index in [0.29, 0.717) is 17.6 Å². The first kappa shape index (κ1) is 22.2. The van der Waals surface area contributed by atoms with Crippen LogP contribution >= 0.6 is 0 Å². The average molecular weight is 445 g/mol. The first-order valence-electron chi connectivity index (χ1n) is 12.5. The molecule has 6 rings (SSSR count). The van der Waals surface area contributed by atoms with Crippen molar-refractivity contribution >= 4 is 11.6 Å². The Morgan fingerprint density at radius 2 is 1.64 bits per heavy atom. The number of hydrogen-bond donors (Lipinski definition) is 1. The molecule has 4 fully saturated rings. The number of benzene rings is 2.